The topological polar surface area (TPSA) is 46.1 Å². The minimum Gasteiger partial charge on any atom is -0.336 e. The van der Waals surface area contributed by atoms with Crippen molar-refractivity contribution in [3.63, 3.8) is 0 Å². The summed E-state index contributed by atoms with van der Waals surface area (Å²) in [6.45, 7) is 1.94. The molecule has 20 heavy (non-hydrogen) atoms. The zero-order valence-corrected chi connectivity index (χ0v) is 11.9. The van der Waals surface area contributed by atoms with Crippen LogP contribution >= 0.6 is 11.5 Å². The Labute approximate surface area is 119 Å². The Bertz CT molecular complexity index is 630. The van der Waals surface area contributed by atoms with E-state index in [9.17, 15) is 13.6 Å². The molecule has 0 N–H and O–H groups in total. The van der Waals surface area contributed by atoms with E-state index < -0.39 is 11.6 Å². The van der Waals surface area contributed by atoms with E-state index in [1.54, 1.807) is 7.05 Å². The number of carbonyl (C=O) groups is 1. The van der Waals surface area contributed by atoms with Gasteiger partial charge in [-0.25, -0.2) is 8.78 Å². The van der Waals surface area contributed by atoms with Gasteiger partial charge >= 0.3 is 0 Å². The first-order valence-corrected chi connectivity index (χ1v) is 6.81. The van der Waals surface area contributed by atoms with Gasteiger partial charge in [0.25, 0.3) is 5.91 Å². The first-order chi connectivity index (χ1) is 9.52. The lowest BCUT2D eigenvalue weighted by Gasteiger charge is -2.17. The Hall–Kier alpha value is -1.89. The highest BCUT2D eigenvalue weighted by molar-refractivity contribution is 7.07. The minimum atomic E-state index is -0.664. The lowest BCUT2D eigenvalue weighted by atomic mass is 10.2. The van der Waals surface area contributed by atoms with Crippen molar-refractivity contribution in [2.24, 2.45) is 0 Å². The Balaban J connectivity index is 2.15. The molecular formula is C13H13F2N3OS. The Morgan fingerprint density at radius 2 is 2.15 bits per heavy atom. The van der Waals surface area contributed by atoms with Gasteiger partial charge in [-0.15, -0.1) is 5.10 Å². The third kappa shape index (κ3) is 2.98. The summed E-state index contributed by atoms with van der Waals surface area (Å²) >= 11 is 1.02. The number of hydrogen-bond donors (Lipinski definition) is 0. The van der Waals surface area contributed by atoms with Gasteiger partial charge in [-0.1, -0.05) is 17.5 Å². The van der Waals surface area contributed by atoms with Crippen LogP contribution in [0.1, 0.15) is 27.9 Å². The minimum absolute atomic E-state index is 0.0615. The van der Waals surface area contributed by atoms with E-state index in [1.807, 2.05) is 6.92 Å². The van der Waals surface area contributed by atoms with E-state index in [0.717, 1.165) is 17.6 Å². The third-order valence-electron chi connectivity index (χ3n) is 2.85. The molecule has 2 rings (SSSR count). The highest BCUT2D eigenvalue weighted by Crippen LogP contribution is 2.17. The normalized spacial score (nSPS) is 10.6. The Kier molecular flexibility index (Phi) is 4.39. The van der Waals surface area contributed by atoms with E-state index in [4.69, 9.17) is 0 Å². The molecule has 0 fully saturated rings. The predicted molar refractivity (Wildman–Crippen MR) is 71.4 cm³/mol. The molecule has 0 saturated heterocycles. The molecular weight excluding hydrogens is 284 g/mol. The predicted octanol–water partition coefficient (Wildman–Crippen LogP) is 2.65. The summed E-state index contributed by atoms with van der Waals surface area (Å²) in [4.78, 5) is 14.0. The third-order valence-corrected chi connectivity index (χ3v) is 3.61. The van der Waals surface area contributed by atoms with E-state index in [-0.39, 0.29) is 18.0 Å². The summed E-state index contributed by atoms with van der Waals surface area (Å²) in [5.41, 5.74) is 0.893. The quantitative estimate of drug-likeness (QED) is 0.871. The second kappa shape index (κ2) is 6.04. The monoisotopic (exact) mass is 297 g/mol. The molecule has 1 aromatic carbocycles. The van der Waals surface area contributed by atoms with Crippen LogP contribution in [-0.2, 0) is 13.0 Å². The number of nitrogens with zero attached hydrogens (tertiary/aromatic N) is 3. The van der Waals surface area contributed by atoms with Gasteiger partial charge in [0.05, 0.1) is 5.69 Å². The smallest absolute Gasteiger partial charge is 0.267 e. The fourth-order valence-corrected chi connectivity index (χ4v) is 2.50. The van der Waals surface area contributed by atoms with Gasteiger partial charge in [0.1, 0.15) is 16.5 Å². The number of hydrogen-bond acceptors (Lipinski definition) is 4. The molecule has 106 valence electrons. The van der Waals surface area contributed by atoms with E-state index >= 15 is 0 Å². The van der Waals surface area contributed by atoms with E-state index in [0.29, 0.717) is 17.0 Å². The second-order valence-corrected chi connectivity index (χ2v) is 5.05. The maximum atomic E-state index is 13.6. The van der Waals surface area contributed by atoms with Gasteiger partial charge in [0, 0.05) is 25.2 Å². The van der Waals surface area contributed by atoms with Crippen LogP contribution in [0.3, 0.4) is 0 Å². The molecule has 0 saturated carbocycles. The molecule has 4 nitrogen and oxygen atoms in total. The van der Waals surface area contributed by atoms with Gasteiger partial charge in [0.2, 0.25) is 0 Å². The highest BCUT2D eigenvalue weighted by atomic mass is 32.1. The van der Waals surface area contributed by atoms with Crippen LogP contribution in [0.5, 0.6) is 0 Å². The maximum Gasteiger partial charge on any atom is 0.267 e. The lowest BCUT2D eigenvalue weighted by molar-refractivity contribution is 0.0787. The van der Waals surface area contributed by atoms with Crippen molar-refractivity contribution >= 4 is 17.4 Å². The molecule has 0 atom stereocenters. The van der Waals surface area contributed by atoms with Crippen LogP contribution < -0.4 is 0 Å². The number of amides is 1. The second-order valence-electron chi connectivity index (χ2n) is 4.30. The average molecular weight is 297 g/mol. The fraction of sp³-hybridized carbons (Fsp3) is 0.308. The number of aryl methyl sites for hydroxylation is 1. The van der Waals surface area contributed by atoms with Crippen LogP contribution in [0.4, 0.5) is 8.78 Å². The number of halogens is 2. The van der Waals surface area contributed by atoms with Crippen LogP contribution in [0.15, 0.2) is 18.2 Å². The van der Waals surface area contributed by atoms with Crippen LogP contribution in [0, 0.1) is 11.6 Å². The molecule has 0 bridgehead atoms. The first-order valence-electron chi connectivity index (χ1n) is 6.03. The lowest BCUT2D eigenvalue weighted by Crippen LogP contribution is -2.26. The number of rotatable bonds is 4. The standard InChI is InChI=1S/C13H13F2N3OS/c1-3-11-12(20-17-16-11)13(19)18(2)7-8-4-5-9(14)6-10(8)15/h4-6H,3,7H2,1-2H3. The molecule has 0 radical (unpaired) electrons. The number of carbonyl (C=O) groups excluding carboxylic acids is 1. The van der Waals surface area contributed by atoms with Crippen molar-refractivity contribution < 1.29 is 13.6 Å². The zero-order chi connectivity index (χ0) is 14.7. The fourth-order valence-electron chi connectivity index (χ4n) is 1.75. The van der Waals surface area contributed by atoms with Crippen LogP contribution in [0.2, 0.25) is 0 Å². The largest absolute Gasteiger partial charge is 0.336 e. The summed E-state index contributed by atoms with van der Waals surface area (Å²) in [7, 11) is 1.56. The molecule has 0 spiro atoms. The van der Waals surface area contributed by atoms with Crippen molar-refractivity contribution in [2.75, 3.05) is 7.05 Å². The maximum absolute atomic E-state index is 13.6. The number of benzene rings is 1. The summed E-state index contributed by atoms with van der Waals surface area (Å²) in [5.74, 6) is -1.57. The van der Waals surface area contributed by atoms with Gasteiger partial charge in [-0.2, -0.15) is 0 Å². The average Bonchev–Trinajstić information content (AvgIpc) is 2.89. The summed E-state index contributed by atoms with van der Waals surface area (Å²) in [6.07, 6.45) is 0.607. The van der Waals surface area contributed by atoms with Crippen LogP contribution in [0.25, 0.3) is 0 Å². The molecule has 0 aliphatic heterocycles. The molecule has 2 aromatic rings. The SMILES string of the molecule is CCc1nnsc1C(=O)N(C)Cc1ccc(F)cc1F. The zero-order valence-electron chi connectivity index (χ0n) is 11.1. The van der Waals surface area contributed by atoms with Crippen molar-refractivity contribution in [1.29, 1.82) is 0 Å². The van der Waals surface area contributed by atoms with Gasteiger partial charge in [-0.3, -0.25) is 4.79 Å². The molecule has 7 heteroatoms. The van der Waals surface area contributed by atoms with E-state index in [1.165, 1.54) is 17.0 Å². The van der Waals surface area contributed by atoms with Crippen molar-refractivity contribution in [3.8, 4) is 0 Å². The molecule has 0 unspecified atom stereocenters. The molecule has 0 aliphatic carbocycles. The summed E-state index contributed by atoms with van der Waals surface area (Å²) in [6, 6.07) is 3.31. The van der Waals surface area contributed by atoms with E-state index in [2.05, 4.69) is 9.59 Å². The molecule has 1 aromatic heterocycles. The van der Waals surface area contributed by atoms with Crippen LogP contribution in [-0.4, -0.2) is 27.4 Å². The molecule has 1 heterocycles. The van der Waals surface area contributed by atoms with Crippen molar-refractivity contribution in [3.05, 3.63) is 46.0 Å². The molecule has 1 amide bonds. The van der Waals surface area contributed by atoms with Crippen molar-refractivity contribution in [2.45, 2.75) is 19.9 Å². The highest BCUT2D eigenvalue weighted by Gasteiger charge is 2.20. The Morgan fingerprint density at radius 3 is 2.80 bits per heavy atom. The van der Waals surface area contributed by atoms with Gasteiger partial charge < -0.3 is 4.90 Å². The van der Waals surface area contributed by atoms with Gasteiger partial charge in [-0.05, 0) is 24.0 Å². The van der Waals surface area contributed by atoms with Gasteiger partial charge in [0.15, 0.2) is 0 Å². The first kappa shape index (κ1) is 14.5. The summed E-state index contributed by atoms with van der Waals surface area (Å²) in [5, 5.41) is 3.87. The number of aromatic nitrogens is 2. The Morgan fingerprint density at radius 1 is 1.40 bits per heavy atom. The summed E-state index contributed by atoms with van der Waals surface area (Å²) < 4.78 is 30.1. The van der Waals surface area contributed by atoms with Crippen molar-refractivity contribution in [1.82, 2.24) is 14.5 Å². The molecule has 0 aliphatic rings.